The highest BCUT2D eigenvalue weighted by Gasteiger charge is 2.14. The van der Waals surface area contributed by atoms with Gasteiger partial charge in [0.1, 0.15) is 11.5 Å². The van der Waals surface area contributed by atoms with E-state index in [9.17, 15) is 13.2 Å². The van der Waals surface area contributed by atoms with Crippen LogP contribution in [0.1, 0.15) is 12.5 Å². The van der Waals surface area contributed by atoms with Crippen LogP contribution in [0.15, 0.2) is 95.9 Å². The minimum absolute atomic E-state index is 0.0244. The van der Waals surface area contributed by atoms with Gasteiger partial charge in [0.25, 0.3) is 0 Å². The zero-order chi connectivity index (χ0) is 25.7. The van der Waals surface area contributed by atoms with Crippen LogP contribution in [-0.4, -0.2) is 20.1 Å². The Labute approximate surface area is 220 Å². The lowest BCUT2D eigenvalue weighted by Crippen LogP contribution is -2.14. The number of halogens is 2. The Hall–Kier alpha value is -3.32. The fourth-order valence-corrected chi connectivity index (χ4v) is 4.85. The average Bonchev–Trinajstić information content (AvgIpc) is 2.86. The summed E-state index contributed by atoms with van der Waals surface area (Å²) in [5.41, 5.74) is 2.87. The third-order valence-corrected chi connectivity index (χ3v) is 7.78. The first-order chi connectivity index (χ1) is 17.2. The average molecular weight is 540 g/mol. The van der Waals surface area contributed by atoms with Crippen LogP contribution in [0, 0.1) is 0 Å². The molecular formula is C28H23Cl2NO4S. The molecule has 1 N–H and O–H groups in total. The number of hydrogen-bond donors (Lipinski definition) is 1. The number of carbonyl (C=O) groups is 1. The molecule has 0 spiro atoms. The van der Waals surface area contributed by atoms with Gasteiger partial charge in [0.15, 0.2) is 9.84 Å². The molecule has 0 radical (unpaired) electrons. The van der Waals surface area contributed by atoms with Gasteiger partial charge in [-0.1, -0.05) is 66.5 Å². The van der Waals surface area contributed by atoms with E-state index in [1.807, 2.05) is 36.4 Å². The minimum Gasteiger partial charge on any atom is -0.455 e. The maximum absolute atomic E-state index is 12.7. The molecule has 4 aromatic carbocycles. The molecule has 4 rings (SSSR count). The summed E-state index contributed by atoms with van der Waals surface area (Å²) in [6, 6.07) is 26.2. The molecule has 4 aromatic rings. The molecule has 184 valence electrons. The Morgan fingerprint density at radius 3 is 2.31 bits per heavy atom. The van der Waals surface area contributed by atoms with Crippen LogP contribution in [0.4, 0.5) is 5.69 Å². The molecule has 0 saturated heterocycles. The Morgan fingerprint density at radius 1 is 0.861 bits per heavy atom. The van der Waals surface area contributed by atoms with Crippen LogP contribution >= 0.6 is 23.2 Å². The fraction of sp³-hybridized carbons (Fsp3) is 0.107. The van der Waals surface area contributed by atoms with E-state index in [1.165, 1.54) is 12.1 Å². The summed E-state index contributed by atoms with van der Waals surface area (Å²) in [6.07, 6.45) is 0.0865. The van der Waals surface area contributed by atoms with Crippen molar-refractivity contribution in [3.05, 3.63) is 107 Å². The highest BCUT2D eigenvalue weighted by Crippen LogP contribution is 2.38. The molecule has 0 fully saturated rings. The van der Waals surface area contributed by atoms with Gasteiger partial charge >= 0.3 is 0 Å². The van der Waals surface area contributed by atoms with E-state index in [1.54, 1.807) is 49.4 Å². The van der Waals surface area contributed by atoms with E-state index < -0.39 is 9.84 Å². The van der Waals surface area contributed by atoms with Crippen molar-refractivity contribution in [3.63, 3.8) is 0 Å². The highest BCUT2D eigenvalue weighted by atomic mass is 35.5. The maximum Gasteiger partial charge on any atom is 0.228 e. The number of benzene rings is 4. The standard InChI is InChI=1S/C28H23Cl2NO4S/c1-2-36(33,34)23-13-10-19(11-14-23)16-28(32)31-22-12-15-24(20-6-5-7-21(29)17-20)27(18-22)35-26-9-4-3-8-25(26)30/h3-15,17-18H,2,16H2,1H3,(H,31,32). The van der Waals surface area contributed by atoms with Gasteiger partial charge < -0.3 is 10.1 Å². The summed E-state index contributed by atoms with van der Waals surface area (Å²) in [4.78, 5) is 13.0. The van der Waals surface area contributed by atoms with Gasteiger partial charge in [0.2, 0.25) is 5.91 Å². The molecule has 0 saturated carbocycles. The van der Waals surface area contributed by atoms with E-state index in [-0.39, 0.29) is 23.0 Å². The van der Waals surface area contributed by atoms with Crippen molar-refractivity contribution in [2.24, 2.45) is 0 Å². The van der Waals surface area contributed by atoms with Gasteiger partial charge in [-0.15, -0.1) is 0 Å². The first-order valence-corrected chi connectivity index (χ1v) is 13.6. The number of ether oxygens (including phenoxy) is 1. The lowest BCUT2D eigenvalue weighted by atomic mass is 10.0. The molecule has 8 heteroatoms. The molecule has 5 nitrogen and oxygen atoms in total. The molecule has 0 bridgehead atoms. The second kappa shape index (κ2) is 11.2. The van der Waals surface area contributed by atoms with Crippen molar-refractivity contribution in [3.8, 4) is 22.6 Å². The van der Waals surface area contributed by atoms with E-state index >= 15 is 0 Å². The molecular weight excluding hydrogens is 517 g/mol. The van der Waals surface area contributed by atoms with Gasteiger partial charge in [-0.25, -0.2) is 8.42 Å². The van der Waals surface area contributed by atoms with Crippen molar-refractivity contribution in [2.45, 2.75) is 18.2 Å². The van der Waals surface area contributed by atoms with Crippen molar-refractivity contribution < 1.29 is 17.9 Å². The Balaban J connectivity index is 1.58. The number of rotatable bonds is 8. The first-order valence-electron chi connectivity index (χ1n) is 11.2. The molecule has 0 aliphatic carbocycles. The van der Waals surface area contributed by atoms with E-state index in [0.29, 0.717) is 32.8 Å². The second-order valence-electron chi connectivity index (χ2n) is 8.03. The first kappa shape index (κ1) is 25.8. The zero-order valence-electron chi connectivity index (χ0n) is 19.4. The predicted octanol–water partition coefficient (Wildman–Crippen LogP) is 7.43. The number of nitrogens with one attached hydrogen (secondary N) is 1. The SMILES string of the molecule is CCS(=O)(=O)c1ccc(CC(=O)Nc2ccc(-c3cccc(Cl)c3)c(Oc3ccccc3Cl)c2)cc1. The van der Waals surface area contributed by atoms with Crippen molar-refractivity contribution in [1.29, 1.82) is 0 Å². The molecule has 36 heavy (non-hydrogen) atoms. The molecule has 0 unspecified atom stereocenters. The number of carbonyl (C=O) groups excluding carboxylic acids is 1. The van der Waals surface area contributed by atoms with Crippen molar-refractivity contribution >= 4 is 44.6 Å². The molecule has 1 amide bonds. The fourth-order valence-electron chi connectivity index (χ4n) is 3.60. The quantitative estimate of drug-likeness (QED) is 0.252. The summed E-state index contributed by atoms with van der Waals surface area (Å²) in [7, 11) is -3.29. The number of hydrogen-bond acceptors (Lipinski definition) is 4. The topological polar surface area (TPSA) is 72.5 Å². The minimum atomic E-state index is -3.29. The van der Waals surface area contributed by atoms with E-state index in [0.717, 1.165) is 11.1 Å². The summed E-state index contributed by atoms with van der Waals surface area (Å²) in [5, 5.41) is 3.93. The molecule has 0 aliphatic rings. The predicted molar refractivity (Wildman–Crippen MR) is 145 cm³/mol. The van der Waals surface area contributed by atoms with E-state index in [2.05, 4.69) is 5.32 Å². The Morgan fingerprint density at radius 2 is 1.61 bits per heavy atom. The van der Waals surface area contributed by atoms with Gasteiger partial charge in [-0.2, -0.15) is 0 Å². The molecule has 0 aromatic heterocycles. The summed E-state index contributed by atoms with van der Waals surface area (Å²) in [6.45, 7) is 1.60. The van der Waals surface area contributed by atoms with Gasteiger partial charge in [-0.3, -0.25) is 4.79 Å². The number of para-hydroxylation sites is 1. The van der Waals surface area contributed by atoms with Crippen molar-refractivity contribution in [2.75, 3.05) is 11.1 Å². The largest absolute Gasteiger partial charge is 0.455 e. The lowest BCUT2D eigenvalue weighted by Gasteiger charge is -2.15. The lowest BCUT2D eigenvalue weighted by molar-refractivity contribution is -0.115. The maximum atomic E-state index is 12.7. The van der Waals surface area contributed by atoms with Gasteiger partial charge in [0.05, 0.1) is 22.1 Å². The van der Waals surface area contributed by atoms with Crippen LogP contribution in [0.5, 0.6) is 11.5 Å². The summed E-state index contributed by atoms with van der Waals surface area (Å²) in [5.74, 6) is 0.752. The molecule has 0 aliphatic heterocycles. The Bertz CT molecular complexity index is 1500. The van der Waals surface area contributed by atoms with Gasteiger partial charge in [0, 0.05) is 22.3 Å². The second-order valence-corrected chi connectivity index (χ2v) is 11.1. The number of amides is 1. The third kappa shape index (κ3) is 6.26. The monoisotopic (exact) mass is 539 g/mol. The molecule has 0 atom stereocenters. The third-order valence-electron chi connectivity index (χ3n) is 5.48. The van der Waals surface area contributed by atoms with Crippen LogP contribution in [0.2, 0.25) is 10.0 Å². The van der Waals surface area contributed by atoms with Crippen LogP contribution < -0.4 is 10.1 Å². The number of sulfone groups is 1. The van der Waals surface area contributed by atoms with E-state index in [4.69, 9.17) is 27.9 Å². The molecule has 0 heterocycles. The highest BCUT2D eigenvalue weighted by molar-refractivity contribution is 7.91. The van der Waals surface area contributed by atoms with Crippen LogP contribution in [-0.2, 0) is 21.1 Å². The Kier molecular flexibility index (Phi) is 7.99. The number of anilines is 1. The van der Waals surface area contributed by atoms with Gasteiger partial charge in [-0.05, 0) is 59.7 Å². The smallest absolute Gasteiger partial charge is 0.228 e. The summed E-state index contributed by atoms with van der Waals surface area (Å²) < 4.78 is 30.2. The van der Waals surface area contributed by atoms with Crippen LogP contribution in [0.3, 0.4) is 0 Å². The van der Waals surface area contributed by atoms with Crippen molar-refractivity contribution in [1.82, 2.24) is 0 Å². The normalized spacial score (nSPS) is 11.2. The zero-order valence-corrected chi connectivity index (χ0v) is 21.7. The summed E-state index contributed by atoms with van der Waals surface area (Å²) >= 11 is 12.5. The van der Waals surface area contributed by atoms with Crippen LogP contribution in [0.25, 0.3) is 11.1 Å².